The lowest BCUT2D eigenvalue weighted by Crippen LogP contribution is -2.25. The van der Waals surface area contributed by atoms with Crippen molar-refractivity contribution in [2.75, 3.05) is 13.1 Å². The zero-order valence-electron chi connectivity index (χ0n) is 11.0. The van der Waals surface area contributed by atoms with Crippen LogP contribution in [-0.4, -0.2) is 22.6 Å². The van der Waals surface area contributed by atoms with E-state index in [2.05, 4.69) is 42.7 Å². The second-order valence-electron chi connectivity index (χ2n) is 4.76. The topological polar surface area (TPSA) is 29.9 Å². The second-order valence-corrected chi connectivity index (χ2v) is 4.76. The van der Waals surface area contributed by atoms with Gasteiger partial charge in [0, 0.05) is 25.9 Å². The molecule has 1 aromatic heterocycles. The van der Waals surface area contributed by atoms with Gasteiger partial charge >= 0.3 is 0 Å². The summed E-state index contributed by atoms with van der Waals surface area (Å²) in [6, 6.07) is 0. The van der Waals surface area contributed by atoms with Gasteiger partial charge in [-0.15, -0.1) is 0 Å². The van der Waals surface area contributed by atoms with Gasteiger partial charge in [0.15, 0.2) is 0 Å². The van der Waals surface area contributed by atoms with Crippen molar-refractivity contribution in [3.63, 3.8) is 0 Å². The van der Waals surface area contributed by atoms with Crippen LogP contribution in [-0.2, 0) is 13.5 Å². The molecule has 1 rings (SSSR count). The molecule has 1 N–H and O–H groups in total. The fraction of sp³-hybridized carbons (Fsp3) is 0.769. The van der Waals surface area contributed by atoms with Crippen molar-refractivity contribution in [2.45, 2.75) is 33.6 Å². The molecule has 92 valence electrons. The molecule has 0 aromatic carbocycles. The third-order valence-corrected chi connectivity index (χ3v) is 3.43. The molecule has 0 aliphatic carbocycles. The highest BCUT2D eigenvalue weighted by molar-refractivity contribution is 4.91. The number of nitrogens with one attached hydrogen (secondary N) is 1. The lowest BCUT2D eigenvalue weighted by molar-refractivity contribution is 0.347. The van der Waals surface area contributed by atoms with Gasteiger partial charge < -0.3 is 9.88 Å². The van der Waals surface area contributed by atoms with E-state index in [9.17, 15) is 0 Å². The highest BCUT2D eigenvalue weighted by Gasteiger charge is 2.12. The van der Waals surface area contributed by atoms with Crippen LogP contribution in [0.25, 0.3) is 0 Å². The number of aromatic nitrogens is 2. The van der Waals surface area contributed by atoms with Gasteiger partial charge in [0.2, 0.25) is 0 Å². The molecule has 0 radical (unpaired) electrons. The Labute approximate surface area is 99.3 Å². The monoisotopic (exact) mass is 223 g/mol. The number of hydrogen-bond acceptors (Lipinski definition) is 2. The van der Waals surface area contributed by atoms with E-state index >= 15 is 0 Å². The van der Waals surface area contributed by atoms with Crippen LogP contribution >= 0.6 is 0 Å². The van der Waals surface area contributed by atoms with Gasteiger partial charge in [-0.05, 0) is 31.3 Å². The number of nitrogens with zero attached hydrogens (tertiary/aromatic N) is 2. The van der Waals surface area contributed by atoms with Gasteiger partial charge in [0.25, 0.3) is 0 Å². The highest BCUT2D eigenvalue weighted by Crippen LogP contribution is 2.16. The predicted octanol–water partition coefficient (Wildman–Crippen LogP) is 2.23. The van der Waals surface area contributed by atoms with Crippen LogP contribution in [0, 0.1) is 11.8 Å². The van der Waals surface area contributed by atoms with Gasteiger partial charge in [0.05, 0.1) is 0 Å². The van der Waals surface area contributed by atoms with Crippen LogP contribution in [0.5, 0.6) is 0 Å². The first kappa shape index (κ1) is 13.2. The number of hydrogen-bond donors (Lipinski definition) is 1. The van der Waals surface area contributed by atoms with Crippen LogP contribution in [0.3, 0.4) is 0 Å². The molecule has 0 fully saturated rings. The minimum absolute atomic E-state index is 0.736. The molecule has 0 spiro atoms. The second kappa shape index (κ2) is 6.69. The van der Waals surface area contributed by atoms with E-state index in [1.165, 1.54) is 12.2 Å². The number of aryl methyl sites for hydroxylation is 2. The van der Waals surface area contributed by atoms with Crippen molar-refractivity contribution in [1.29, 1.82) is 0 Å². The third kappa shape index (κ3) is 3.97. The lowest BCUT2D eigenvalue weighted by Gasteiger charge is -2.19. The summed E-state index contributed by atoms with van der Waals surface area (Å²) in [6.45, 7) is 9.01. The van der Waals surface area contributed by atoms with Crippen LogP contribution in [0.2, 0.25) is 0 Å². The standard InChI is InChI=1S/C13H25N3/c1-5-14-10-12(3)11(2)6-7-13-15-8-9-16(13)4/h8-9,11-12,14H,5-7,10H2,1-4H3. The maximum atomic E-state index is 4.36. The molecular formula is C13H25N3. The Hall–Kier alpha value is -0.830. The molecule has 0 saturated carbocycles. The van der Waals surface area contributed by atoms with Crippen LogP contribution in [0.4, 0.5) is 0 Å². The Balaban J connectivity index is 2.29. The molecular weight excluding hydrogens is 198 g/mol. The summed E-state index contributed by atoms with van der Waals surface area (Å²) in [5.41, 5.74) is 0. The Morgan fingerprint density at radius 1 is 1.38 bits per heavy atom. The third-order valence-electron chi connectivity index (χ3n) is 3.43. The zero-order chi connectivity index (χ0) is 12.0. The van der Waals surface area contributed by atoms with Crippen LogP contribution in [0.1, 0.15) is 33.0 Å². The maximum Gasteiger partial charge on any atom is 0.108 e. The van der Waals surface area contributed by atoms with Crippen LogP contribution in [0.15, 0.2) is 12.4 Å². The molecule has 0 amide bonds. The molecule has 2 atom stereocenters. The van der Waals surface area contributed by atoms with E-state index in [1.54, 1.807) is 0 Å². The first-order valence-corrected chi connectivity index (χ1v) is 6.32. The fourth-order valence-corrected chi connectivity index (χ4v) is 1.85. The van der Waals surface area contributed by atoms with Gasteiger partial charge in [-0.2, -0.15) is 0 Å². The Morgan fingerprint density at radius 2 is 2.12 bits per heavy atom. The van der Waals surface area contributed by atoms with Crippen molar-refractivity contribution in [1.82, 2.24) is 14.9 Å². The summed E-state index contributed by atoms with van der Waals surface area (Å²) in [4.78, 5) is 4.36. The smallest absolute Gasteiger partial charge is 0.108 e. The number of imidazole rings is 1. The van der Waals surface area contributed by atoms with E-state index in [0.717, 1.165) is 31.3 Å². The van der Waals surface area contributed by atoms with Crippen molar-refractivity contribution in [2.24, 2.45) is 18.9 Å². The summed E-state index contributed by atoms with van der Waals surface area (Å²) >= 11 is 0. The largest absolute Gasteiger partial charge is 0.338 e. The Morgan fingerprint density at radius 3 is 2.69 bits per heavy atom. The van der Waals surface area contributed by atoms with E-state index in [4.69, 9.17) is 0 Å². The Kier molecular flexibility index (Phi) is 5.53. The summed E-state index contributed by atoms with van der Waals surface area (Å²) in [6.07, 6.45) is 6.20. The van der Waals surface area contributed by atoms with Gasteiger partial charge in [-0.1, -0.05) is 20.8 Å². The van der Waals surface area contributed by atoms with Crippen molar-refractivity contribution in [3.8, 4) is 0 Å². The average Bonchev–Trinajstić information content (AvgIpc) is 2.68. The van der Waals surface area contributed by atoms with E-state index in [0.29, 0.717) is 0 Å². The molecule has 0 saturated heterocycles. The average molecular weight is 223 g/mol. The van der Waals surface area contributed by atoms with Crippen molar-refractivity contribution >= 4 is 0 Å². The first-order chi connectivity index (χ1) is 7.65. The lowest BCUT2D eigenvalue weighted by atomic mass is 9.91. The summed E-state index contributed by atoms with van der Waals surface area (Å²) in [5, 5.41) is 3.41. The van der Waals surface area contributed by atoms with E-state index < -0.39 is 0 Å². The zero-order valence-corrected chi connectivity index (χ0v) is 11.0. The van der Waals surface area contributed by atoms with Gasteiger partial charge in [0.1, 0.15) is 5.82 Å². The summed E-state index contributed by atoms with van der Waals surface area (Å²) in [5.74, 6) is 2.68. The van der Waals surface area contributed by atoms with Crippen LogP contribution < -0.4 is 5.32 Å². The Bertz CT molecular complexity index is 293. The predicted molar refractivity (Wildman–Crippen MR) is 68.4 cm³/mol. The summed E-state index contributed by atoms with van der Waals surface area (Å²) in [7, 11) is 2.06. The molecule has 0 aliphatic rings. The quantitative estimate of drug-likeness (QED) is 0.768. The molecule has 1 aromatic rings. The molecule has 3 nitrogen and oxygen atoms in total. The molecule has 0 bridgehead atoms. The fourth-order valence-electron chi connectivity index (χ4n) is 1.85. The molecule has 3 heteroatoms. The first-order valence-electron chi connectivity index (χ1n) is 6.32. The number of rotatable bonds is 7. The normalized spacial score (nSPS) is 15.0. The van der Waals surface area contributed by atoms with Gasteiger partial charge in [-0.3, -0.25) is 0 Å². The molecule has 16 heavy (non-hydrogen) atoms. The molecule has 1 heterocycles. The minimum atomic E-state index is 0.736. The molecule has 2 unspecified atom stereocenters. The van der Waals surface area contributed by atoms with E-state index in [-0.39, 0.29) is 0 Å². The van der Waals surface area contributed by atoms with Gasteiger partial charge in [-0.25, -0.2) is 4.98 Å². The maximum absolute atomic E-state index is 4.36. The minimum Gasteiger partial charge on any atom is -0.338 e. The SMILES string of the molecule is CCNCC(C)C(C)CCc1nccn1C. The van der Waals surface area contributed by atoms with E-state index in [1.807, 2.05) is 12.4 Å². The van der Waals surface area contributed by atoms with Crippen molar-refractivity contribution in [3.05, 3.63) is 18.2 Å². The summed E-state index contributed by atoms with van der Waals surface area (Å²) < 4.78 is 2.11. The highest BCUT2D eigenvalue weighted by atomic mass is 15.0. The molecule has 0 aliphatic heterocycles. The van der Waals surface area contributed by atoms with Crippen molar-refractivity contribution < 1.29 is 0 Å².